The van der Waals surface area contributed by atoms with E-state index in [4.69, 9.17) is 0 Å². The van der Waals surface area contributed by atoms with Gasteiger partial charge >= 0.3 is 0 Å². The summed E-state index contributed by atoms with van der Waals surface area (Å²) in [5.41, 5.74) is 2.59. The fourth-order valence-corrected chi connectivity index (χ4v) is 3.43. The molecule has 0 radical (unpaired) electrons. The lowest BCUT2D eigenvalue weighted by molar-refractivity contribution is -0.134. The van der Waals surface area contributed by atoms with E-state index in [-0.39, 0.29) is 12.0 Å². The topological polar surface area (TPSA) is 40.5 Å². The van der Waals surface area contributed by atoms with Gasteiger partial charge in [-0.1, -0.05) is 13.0 Å². The quantitative estimate of drug-likeness (QED) is 0.869. The standard InChI is InChI=1S/C17H25NO2S/c1-12-4-5-15(10-14(12)3)21-9-7-17(20)18-8-6-13(2)16(19)11-18/h4-5,10,13,16,19H,6-9,11H2,1-3H3. The highest BCUT2D eigenvalue weighted by molar-refractivity contribution is 7.99. The van der Waals surface area contributed by atoms with Crippen molar-refractivity contribution < 1.29 is 9.90 Å². The maximum absolute atomic E-state index is 12.2. The molecule has 1 N–H and O–H groups in total. The number of hydrogen-bond acceptors (Lipinski definition) is 3. The van der Waals surface area contributed by atoms with Crippen LogP contribution in [0.2, 0.25) is 0 Å². The molecule has 1 saturated heterocycles. The lowest BCUT2D eigenvalue weighted by atomic mass is 9.96. The highest BCUT2D eigenvalue weighted by atomic mass is 32.2. The smallest absolute Gasteiger partial charge is 0.223 e. The van der Waals surface area contributed by atoms with Gasteiger partial charge < -0.3 is 10.0 Å². The number of nitrogens with zero attached hydrogens (tertiary/aromatic N) is 1. The Bertz CT molecular complexity index is 504. The largest absolute Gasteiger partial charge is 0.391 e. The van der Waals surface area contributed by atoms with Crippen molar-refractivity contribution in [3.8, 4) is 0 Å². The Balaban J connectivity index is 1.77. The first kappa shape index (κ1) is 16.4. The zero-order valence-electron chi connectivity index (χ0n) is 13.1. The number of thioether (sulfide) groups is 1. The molecule has 1 aliphatic rings. The number of rotatable bonds is 4. The van der Waals surface area contributed by atoms with E-state index in [1.165, 1.54) is 16.0 Å². The first-order chi connectivity index (χ1) is 9.97. The Kier molecular flexibility index (Phi) is 5.71. The number of aliphatic hydroxyl groups excluding tert-OH is 1. The van der Waals surface area contributed by atoms with E-state index in [1.807, 2.05) is 11.8 Å². The summed E-state index contributed by atoms with van der Waals surface area (Å²) >= 11 is 1.73. The van der Waals surface area contributed by atoms with Crippen LogP contribution >= 0.6 is 11.8 Å². The van der Waals surface area contributed by atoms with E-state index in [9.17, 15) is 9.90 Å². The van der Waals surface area contributed by atoms with Crippen LogP contribution in [0.4, 0.5) is 0 Å². The average molecular weight is 307 g/mol. The van der Waals surface area contributed by atoms with Gasteiger partial charge in [0.2, 0.25) is 5.91 Å². The summed E-state index contributed by atoms with van der Waals surface area (Å²) in [6.07, 6.45) is 1.07. The van der Waals surface area contributed by atoms with Gasteiger partial charge in [0.1, 0.15) is 0 Å². The minimum atomic E-state index is -0.366. The third-order valence-electron chi connectivity index (χ3n) is 4.33. The van der Waals surface area contributed by atoms with Crippen LogP contribution in [0.25, 0.3) is 0 Å². The van der Waals surface area contributed by atoms with Crippen LogP contribution in [0.1, 0.15) is 30.9 Å². The van der Waals surface area contributed by atoms with Crippen LogP contribution in [0.15, 0.2) is 23.1 Å². The van der Waals surface area contributed by atoms with Crippen molar-refractivity contribution in [2.45, 2.75) is 44.6 Å². The van der Waals surface area contributed by atoms with Crippen molar-refractivity contribution in [1.82, 2.24) is 4.90 Å². The molecular formula is C17H25NO2S. The molecule has 1 heterocycles. The van der Waals surface area contributed by atoms with Gasteiger partial charge in [0.15, 0.2) is 0 Å². The summed E-state index contributed by atoms with van der Waals surface area (Å²) < 4.78 is 0. The van der Waals surface area contributed by atoms with Gasteiger partial charge in [-0.15, -0.1) is 11.8 Å². The van der Waals surface area contributed by atoms with Gasteiger partial charge in [-0.2, -0.15) is 0 Å². The number of piperidine rings is 1. The lowest BCUT2D eigenvalue weighted by Gasteiger charge is -2.34. The third-order valence-corrected chi connectivity index (χ3v) is 5.33. The third kappa shape index (κ3) is 4.48. The molecule has 2 unspecified atom stereocenters. The minimum Gasteiger partial charge on any atom is -0.391 e. The molecular weight excluding hydrogens is 282 g/mol. The summed E-state index contributed by atoms with van der Waals surface area (Å²) in [5, 5.41) is 9.86. The molecule has 0 spiro atoms. The van der Waals surface area contributed by atoms with Gasteiger partial charge in [0.05, 0.1) is 6.10 Å². The van der Waals surface area contributed by atoms with Gasteiger partial charge in [0, 0.05) is 30.2 Å². The number of benzene rings is 1. The molecule has 21 heavy (non-hydrogen) atoms. The van der Waals surface area contributed by atoms with E-state index in [1.54, 1.807) is 11.8 Å². The Labute approximate surface area is 131 Å². The normalized spacial score (nSPS) is 22.4. The van der Waals surface area contributed by atoms with Crippen molar-refractivity contribution in [2.24, 2.45) is 5.92 Å². The van der Waals surface area contributed by atoms with E-state index in [0.29, 0.717) is 18.9 Å². The zero-order valence-corrected chi connectivity index (χ0v) is 13.9. The molecule has 0 bridgehead atoms. The van der Waals surface area contributed by atoms with Crippen LogP contribution < -0.4 is 0 Å². The van der Waals surface area contributed by atoms with Gasteiger partial charge in [-0.3, -0.25) is 4.79 Å². The Hall–Kier alpha value is -1.00. The van der Waals surface area contributed by atoms with Crippen LogP contribution in [-0.2, 0) is 4.79 Å². The predicted molar refractivity (Wildman–Crippen MR) is 87.6 cm³/mol. The summed E-state index contributed by atoms with van der Waals surface area (Å²) in [6, 6.07) is 6.42. The van der Waals surface area contributed by atoms with Gasteiger partial charge in [0.25, 0.3) is 0 Å². The Morgan fingerprint density at radius 2 is 2.14 bits per heavy atom. The number of β-amino-alcohol motifs (C(OH)–C–C–N with tert-alkyl or cyclic N) is 1. The molecule has 2 rings (SSSR count). The number of likely N-dealkylation sites (tertiary alicyclic amines) is 1. The number of aliphatic hydroxyl groups is 1. The first-order valence-electron chi connectivity index (χ1n) is 7.63. The van der Waals surface area contributed by atoms with Crippen molar-refractivity contribution in [2.75, 3.05) is 18.8 Å². The fourth-order valence-electron chi connectivity index (χ4n) is 2.49. The second-order valence-corrected chi connectivity index (χ2v) is 7.19. The van der Waals surface area contributed by atoms with Gasteiger partial charge in [-0.25, -0.2) is 0 Å². The molecule has 1 amide bonds. The number of aryl methyl sites for hydroxylation is 2. The van der Waals surface area contributed by atoms with Crippen molar-refractivity contribution in [3.05, 3.63) is 29.3 Å². The molecule has 0 aliphatic carbocycles. The summed E-state index contributed by atoms with van der Waals surface area (Å²) in [5.74, 6) is 1.26. The highest BCUT2D eigenvalue weighted by Crippen LogP contribution is 2.23. The molecule has 2 atom stereocenters. The maximum atomic E-state index is 12.2. The van der Waals surface area contributed by atoms with Gasteiger partial charge in [-0.05, 0) is 49.4 Å². The summed E-state index contributed by atoms with van der Waals surface area (Å²) in [7, 11) is 0. The SMILES string of the molecule is Cc1ccc(SCCC(=O)N2CCC(C)C(O)C2)cc1C. The summed E-state index contributed by atoms with van der Waals surface area (Å²) in [4.78, 5) is 15.2. The van der Waals surface area contributed by atoms with Crippen molar-refractivity contribution in [3.63, 3.8) is 0 Å². The maximum Gasteiger partial charge on any atom is 0.223 e. The van der Waals surface area contributed by atoms with Crippen molar-refractivity contribution in [1.29, 1.82) is 0 Å². The van der Waals surface area contributed by atoms with Crippen LogP contribution in [0, 0.1) is 19.8 Å². The van der Waals surface area contributed by atoms with Crippen LogP contribution in [0.5, 0.6) is 0 Å². The first-order valence-corrected chi connectivity index (χ1v) is 8.62. The molecule has 0 aromatic heterocycles. The number of carbonyl (C=O) groups excluding carboxylic acids is 1. The molecule has 1 aromatic rings. The Morgan fingerprint density at radius 3 is 2.81 bits per heavy atom. The molecule has 1 aromatic carbocycles. The fraction of sp³-hybridized carbons (Fsp3) is 0.588. The monoisotopic (exact) mass is 307 g/mol. The highest BCUT2D eigenvalue weighted by Gasteiger charge is 2.26. The number of amides is 1. The second-order valence-electron chi connectivity index (χ2n) is 6.02. The summed E-state index contributed by atoms with van der Waals surface area (Å²) in [6.45, 7) is 7.54. The molecule has 4 heteroatoms. The second kappa shape index (κ2) is 7.32. The zero-order chi connectivity index (χ0) is 15.4. The molecule has 116 valence electrons. The van der Waals surface area contributed by atoms with Crippen molar-refractivity contribution >= 4 is 17.7 Å². The Morgan fingerprint density at radius 1 is 1.38 bits per heavy atom. The minimum absolute atomic E-state index is 0.164. The molecule has 1 fully saturated rings. The van der Waals surface area contributed by atoms with E-state index in [0.717, 1.165) is 18.7 Å². The number of carbonyl (C=O) groups is 1. The van der Waals surface area contributed by atoms with E-state index >= 15 is 0 Å². The van der Waals surface area contributed by atoms with E-state index in [2.05, 4.69) is 32.0 Å². The molecule has 0 saturated carbocycles. The molecule has 3 nitrogen and oxygen atoms in total. The van der Waals surface area contributed by atoms with Crippen LogP contribution in [-0.4, -0.2) is 40.9 Å². The number of hydrogen-bond donors (Lipinski definition) is 1. The molecule has 1 aliphatic heterocycles. The lowest BCUT2D eigenvalue weighted by Crippen LogP contribution is -2.45. The van der Waals surface area contributed by atoms with Crippen LogP contribution in [0.3, 0.4) is 0 Å². The average Bonchev–Trinajstić information content (AvgIpc) is 2.45. The predicted octanol–water partition coefficient (Wildman–Crippen LogP) is 3.01. The van der Waals surface area contributed by atoms with E-state index < -0.39 is 0 Å².